The molecule has 0 saturated carbocycles. The fourth-order valence-electron chi connectivity index (χ4n) is 1.79. The van der Waals surface area contributed by atoms with Crippen molar-refractivity contribution in [2.24, 2.45) is 0 Å². The lowest BCUT2D eigenvalue weighted by Crippen LogP contribution is -2.11. The fraction of sp³-hybridized carbons (Fsp3) is 0.0625. The van der Waals surface area contributed by atoms with Crippen LogP contribution in [-0.4, -0.2) is 17.6 Å². The highest BCUT2D eigenvalue weighted by molar-refractivity contribution is 6.28. The third-order valence-electron chi connectivity index (χ3n) is 2.70. The Labute approximate surface area is 112 Å². The molecule has 0 aromatic heterocycles. The Morgan fingerprint density at radius 2 is 1.47 bits per heavy atom. The van der Waals surface area contributed by atoms with Crippen LogP contribution in [-0.2, 0) is 0 Å². The van der Waals surface area contributed by atoms with Gasteiger partial charge in [0.05, 0.1) is 0 Å². The van der Waals surface area contributed by atoms with Gasteiger partial charge >= 0.3 is 0 Å². The van der Waals surface area contributed by atoms with Crippen LogP contribution in [0.5, 0.6) is 0 Å². The van der Waals surface area contributed by atoms with E-state index in [1.165, 1.54) is 0 Å². The Kier molecular flexibility index (Phi) is 4.48. The van der Waals surface area contributed by atoms with Gasteiger partial charge in [-0.2, -0.15) is 0 Å². The van der Waals surface area contributed by atoms with Gasteiger partial charge in [0.25, 0.3) is 0 Å². The predicted octanol–water partition coefficient (Wildman–Crippen LogP) is 2.45. The average Bonchev–Trinajstić information content (AvgIpc) is 2.49. The van der Waals surface area contributed by atoms with Crippen LogP contribution in [0.3, 0.4) is 0 Å². The van der Waals surface area contributed by atoms with Crippen LogP contribution in [0, 0.1) is 0 Å². The zero-order valence-electron chi connectivity index (χ0n) is 10.4. The molecule has 0 aliphatic rings. The van der Waals surface area contributed by atoms with Gasteiger partial charge in [0.1, 0.15) is 6.73 Å². The van der Waals surface area contributed by atoms with E-state index in [9.17, 15) is 4.79 Å². The van der Waals surface area contributed by atoms with Crippen LogP contribution in [0.25, 0.3) is 5.57 Å². The van der Waals surface area contributed by atoms with Crippen molar-refractivity contribution in [3.63, 3.8) is 0 Å². The number of hydrogen-bond donors (Lipinski definition) is 2. The Bertz CT molecular complexity index is 562. The van der Waals surface area contributed by atoms with Gasteiger partial charge < -0.3 is 10.4 Å². The summed E-state index contributed by atoms with van der Waals surface area (Å²) >= 11 is 0. The number of allylic oxidation sites excluding steroid dienone is 1. The fourth-order valence-corrected chi connectivity index (χ4v) is 1.79. The van der Waals surface area contributed by atoms with Crippen molar-refractivity contribution in [1.29, 1.82) is 0 Å². The lowest BCUT2D eigenvalue weighted by atomic mass is 9.98. The summed E-state index contributed by atoms with van der Waals surface area (Å²) in [6, 6.07) is 18.5. The van der Waals surface area contributed by atoms with E-state index < -0.39 is 0 Å². The zero-order valence-corrected chi connectivity index (χ0v) is 10.4. The molecule has 0 fully saturated rings. The molecule has 3 heteroatoms. The largest absolute Gasteiger partial charge is 0.377 e. The second-order valence-electron chi connectivity index (χ2n) is 3.98. The van der Waals surface area contributed by atoms with Gasteiger partial charge in [0.2, 0.25) is 0 Å². The van der Waals surface area contributed by atoms with Gasteiger partial charge in [-0.05, 0) is 5.56 Å². The number of benzene rings is 2. The molecule has 0 saturated heterocycles. The molecule has 96 valence electrons. The molecule has 0 amide bonds. The third-order valence-corrected chi connectivity index (χ3v) is 2.70. The van der Waals surface area contributed by atoms with Gasteiger partial charge in [0, 0.05) is 17.3 Å². The number of Topliss-reactive ketones (excluding diaryl/α,β-unsaturated/α-hetero) is 1. The molecule has 0 bridgehead atoms. The van der Waals surface area contributed by atoms with E-state index in [1.807, 2.05) is 48.5 Å². The maximum atomic E-state index is 12.5. The quantitative estimate of drug-likeness (QED) is 0.489. The Balaban J connectivity index is 2.37. The number of ketones is 1. The highest BCUT2D eigenvalue weighted by Gasteiger charge is 2.13. The van der Waals surface area contributed by atoms with Crippen molar-refractivity contribution in [3.05, 3.63) is 78.0 Å². The van der Waals surface area contributed by atoms with Crippen molar-refractivity contribution in [3.8, 4) is 0 Å². The number of aliphatic hydroxyl groups is 1. The summed E-state index contributed by atoms with van der Waals surface area (Å²) in [6.45, 7) is -0.210. The van der Waals surface area contributed by atoms with Gasteiger partial charge in [0.15, 0.2) is 5.78 Å². The molecule has 0 radical (unpaired) electrons. The summed E-state index contributed by atoms with van der Waals surface area (Å²) in [5, 5.41) is 11.5. The number of rotatable bonds is 5. The van der Waals surface area contributed by atoms with E-state index in [0.29, 0.717) is 11.1 Å². The van der Waals surface area contributed by atoms with E-state index in [1.54, 1.807) is 18.3 Å². The van der Waals surface area contributed by atoms with Crippen molar-refractivity contribution in [2.75, 3.05) is 6.73 Å². The van der Waals surface area contributed by atoms with E-state index in [-0.39, 0.29) is 12.5 Å². The maximum absolute atomic E-state index is 12.5. The minimum Gasteiger partial charge on any atom is -0.377 e. The van der Waals surface area contributed by atoms with Crippen molar-refractivity contribution in [2.45, 2.75) is 0 Å². The standard InChI is InChI=1S/C16H15NO2/c18-12-17-11-15(13-7-3-1-4-8-13)16(19)14-9-5-2-6-10-14/h1-11,17-18H,12H2/b15-11-. The highest BCUT2D eigenvalue weighted by Crippen LogP contribution is 2.18. The summed E-state index contributed by atoms with van der Waals surface area (Å²) < 4.78 is 0. The van der Waals surface area contributed by atoms with Gasteiger partial charge in [-0.1, -0.05) is 60.7 Å². The van der Waals surface area contributed by atoms with E-state index in [4.69, 9.17) is 5.11 Å². The summed E-state index contributed by atoms with van der Waals surface area (Å²) in [6.07, 6.45) is 1.55. The number of carbonyl (C=O) groups excluding carboxylic acids is 1. The summed E-state index contributed by atoms with van der Waals surface area (Å²) in [7, 11) is 0. The molecular weight excluding hydrogens is 238 g/mol. The van der Waals surface area contributed by atoms with Crippen molar-refractivity contribution < 1.29 is 9.90 Å². The van der Waals surface area contributed by atoms with Gasteiger partial charge in [-0.25, -0.2) is 0 Å². The minimum absolute atomic E-state index is 0.0762. The number of nitrogens with one attached hydrogen (secondary N) is 1. The lowest BCUT2D eigenvalue weighted by molar-refractivity contribution is 0.105. The SMILES string of the molecule is O=C(/C(=C\NCO)c1ccccc1)c1ccccc1. The maximum Gasteiger partial charge on any atom is 0.195 e. The van der Waals surface area contributed by atoms with Crippen molar-refractivity contribution >= 4 is 11.4 Å². The molecule has 0 aliphatic heterocycles. The summed E-state index contributed by atoms with van der Waals surface area (Å²) in [5.74, 6) is -0.0762. The topological polar surface area (TPSA) is 49.3 Å². The molecule has 0 spiro atoms. The van der Waals surface area contributed by atoms with Gasteiger partial charge in [-0.3, -0.25) is 4.79 Å². The van der Waals surface area contributed by atoms with E-state index in [0.717, 1.165) is 5.56 Å². The smallest absolute Gasteiger partial charge is 0.195 e. The first-order valence-corrected chi connectivity index (χ1v) is 6.02. The van der Waals surface area contributed by atoms with Crippen LogP contribution < -0.4 is 5.32 Å². The Hall–Kier alpha value is -2.39. The summed E-state index contributed by atoms with van der Waals surface area (Å²) in [4.78, 5) is 12.5. The molecule has 0 aliphatic carbocycles. The van der Waals surface area contributed by atoms with Crippen LogP contribution in [0.4, 0.5) is 0 Å². The van der Waals surface area contributed by atoms with E-state index >= 15 is 0 Å². The first kappa shape index (κ1) is 13.1. The normalized spacial score (nSPS) is 11.1. The molecule has 0 unspecified atom stereocenters. The van der Waals surface area contributed by atoms with Crippen LogP contribution in [0.1, 0.15) is 15.9 Å². The highest BCUT2D eigenvalue weighted by atomic mass is 16.3. The monoisotopic (exact) mass is 253 g/mol. The molecular formula is C16H15NO2. The Morgan fingerprint density at radius 3 is 2.00 bits per heavy atom. The molecule has 0 heterocycles. The zero-order chi connectivity index (χ0) is 13.5. The van der Waals surface area contributed by atoms with Crippen molar-refractivity contribution in [1.82, 2.24) is 5.32 Å². The first-order valence-electron chi connectivity index (χ1n) is 6.02. The molecule has 3 nitrogen and oxygen atoms in total. The summed E-state index contributed by atoms with van der Waals surface area (Å²) in [5.41, 5.74) is 1.97. The molecule has 19 heavy (non-hydrogen) atoms. The molecule has 0 atom stereocenters. The van der Waals surface area contributed by atoms with Crippen LogP contribution >= 0.6 is 0 Å². The van der Waals surface area contributed by atoms with E-state index in [2.05, 4.69) is 5.32 Å². The molecule has 2 aromatic rings. The predicted molar refractivity (Wildman–Crippen MR) is 75.4 cm³/mol. The van der Waals surface area contributed by atoms with Gasteiger partial charge in [-0.15, -0.1) is 0 Å². The number of hydrogen-bond acceptors (Lipinski definition) is 3. The second-order valence-corrected chi connectivity index (χ2v) is 3.98. The second kappa shape index (κ2) is 6.52. The molecule has 2 aromatic carbocycles. The molecule has 2 rings (SSSR count). The Morgan fingerprint density at radius 1 is 0.947 bits per heavy atom. The minimum atomic E-state index is -0.210. The first-order chi connectivity index (χ1) is 9.33. The number of aliphatic hydroxyl groups excluding tert-OH is 1. The average molecular weight is 253 g/mol. The van der Waals surface area contributed by atoms with Crippen LogP contribution in [0.15, 0.2) is 66.9 Å². The molecule has 2 N–H and O–H groups in total. The third kappa shape index (κ3) is 3.30. The number of carbonyl (C=O) groups is 1. The van der Waals surface area contributed by atoms with Crippen LogP contribution in [0.2, 0.25) is 0 Å². The lowest BCUT2D eigenvalue weighted by Gasteiger charge is -2.07.